The van der Waals surface area contributed by atoms with Crippen molar-refractivity contribution in [2.24, 2.45) is 0 Å². The lowest BCUT2D eigenvalue weighted by molar-refractivity contribution is -0.124. The van der Waals surface area contributed by atoms with Crippen molar-refractivity contribution in [3.05, 3.63) is 64.1 Å². The molecule has 2 aromatic rings. The van der Waals surface area contributed by atoms with Crippen molar-refractivity contribution in [1.82, 2.24) is 5.32 Å². The summed E-state index contributed by atoms with van der Waals surface area (Å²) in [6.07, 6.45) is 0. The molecule has 6 heteroatoms. The molecular formula is C17H16BrNO4. The number of hydrogen-bond donors (Lipinski definition) is 1. The van der Waals surface area contributed by atoms with Gasteiger partial charge in [0, 0.05) is 11.0 Å². The van der Waals surface area contributed by atoms with E-state index < -0.39 is 5.97 Å². The molecule has 0 aromatic heterocycles. The minimum atomic E-state index is -0.596. The van der Waals surface area contributed by atoms with E-state index in [1.54, 1.807) is 24.3 Å². The lowest BCUT2D eigenvalue weighted by Crippen LogP contribution is -2.28. The maximum atomic E-state index is 12.0. The van der Waals surface area contributed by atoms with Crippen LogP contribution in [0.2, 0.25) is 0 Å². The SMILES string of the molecule is COc1ccccc1C(=O)OCC(=O)NCc1ccc(Br)cc1. The van der Waals surface area contributed by atoms with Gasteiger partial charge in [0.2, 0.25) is 0 Å². The second-order valence-electron chi connectivity index (χ2n) is 4.68. The van der Waals surface area contributed by atoms with E-state index in [0.717, 1.165) is 10.0 Å². The number of para-hydroxylation sites is 1. The Morgan fingerprint density at radius 2 is 1.78 bits per heavy atom. The van der Waals surface area contributed by atoms with Crippen LogP contribution in [0.4, 0.5) is 0 Å². The van der Waals surface area contributed by atoms with Gasteiger partial charge in [-0.15, -0.1) is 0 Å². The number of hydrogen-bond acceptors (Lipinski definition) is 4. The number of ether oxygens (including phenoxy) is 2. The Balaban J connectivity index is 1.82. The van der Waals surface area contributed by atoms with E-state index >= 15 is 0 Å². The molecule has 5 nitrogen and oxygen atoms in total. The smallest absolute Gasteiger partial charge is 0.342 e. The van der Waals surface area contributed by atoms with Crippen LogP contribution in [0.25, 0.3) is 0 Å². The Morgan fingerprint density at radius 1 is 1.09 bits per heavy atom. The van der Waals surface area contributed by atoms with E-state index in [0.29, 0.717) is 12.3 Å². The Morgan fingerprint density at radius 3 is 2.48 bits per heavy atom. The highest BCUT2D eigenvalue weighted by atomic mass is 79.9. The molecule has 0 saturated carbocycles. The molecule has 1 amide bonds. The Kier molecular flexibility index (Phi) is 6.17. The minimum Gasteiger partial charge on any atom is -0.496 e. The molecule has 0 unspecified atom stereocenters. The van der Waals surface area contributed by atoms with Gasteiger partial charge < -0.3 is 14.8 Å². The highest BCUT2D eigenvalue weighted by Crippen LogP contribution is 2.18. The summed E-state index contributed by atoms with van der Waals surface area (Å²) >= 11 is 3.35. The van der Waals surface area contributed by atoms with Gasteiger partial charge in [0.05, 0.1) is 7.11 Å². The molecule has 0 aliphatic carbocycles. The number of amides is 1. The molecule has 1 N–H and O–H groups in total. The zero-order chi connectivity index (χ0) is 16.7. The molecule has 0 radical (unpaired) electrons. The summed E-state index contributed by atoms with van der Waals surface area (Å²) in [5.74, 6) is -0.551. The van der Waals surface area contributed by atoms with E-state index in [2.05, 4.69) is 21.2 Å². The lowest BCUT2D eigenvalue weighted by Gasteiger charge is -2.09. The van der Waals surface area contributed by atoms with Crippen molar-refractivity contribution in [2.75, 3.05) is 13.7 Å². The zero-order valence-corrected chi connectivity index (χ0v) is 14.1. The predicted octanol–water partition coefficient (Wildman–Crippen LogP) is 2.93. The summed E-state index contributed by atoms with van der Waals surface area (Å²) in [5.41, 5.74) is 1.24. The van der Waals surface area contributed by atoms with Crippen molar-refractivity contribution < 1.29 is 19.1 Å². The average Bonchev–Trinajstić information content (AvgIpc) is 2.59. The maximum Gasteiger partial charge on any atom is 0.342 e. The van der Waals surface area contributed by atoms with Gasteiger partial charge in [-0.3, -0.25) is 4.79 Å². The third-order valence-corrected chi connectivity index (χ3v) is 3.59. The third-order valence-electron chi connectivity index (χ3n) is 3.06. The van der Waals surface area contributed by atoms with E-state index in [1.807, 2.05) is 24.3 Å². The first-order valence-electron chi connectivity index (χ1n) is 6.91. The number of esters is 1. The van der Waals surface area contributed by atoms with Gasteiger partial charge in [-0.05, 0) is 29.8 Å². The first-order chi connectivity index (χ1) is 11.1. The van der Waals surface area contributed by atoms with Gasteiger partial charge in [0.25, 0.3) is 5.91 Å². The number of benzene rings is 2. The second-order valence-corrected chi connectivity index (χ2v) is 5.60. The standard InChI is InChI=1S/C17H16BrNO4/c1-22-15-5-3-2-4-14(15)17(21)23-11-16(20)19-10-12-6-8-13(18)9-7-12/h2-9H,10-11H2,1H3,(H,19,20). The van der Waals surface area contributed by atoms with Crippen molar-refractivity contribution >= 4 is 27.8 Å². The van der Waals surface area contributed by atoms with E-state index in [1.165, 1.54) is 7.11 Å². The van der Waals surface area contributed by atoms with Crippen LogP contribution in [0.1, 0.15) is 15.9 Å². The third kappa shape index (κ3) is 5.10. The summed E-state index contributed by atoms with van der Waals surface area (Å²) in [6.45, 7) is 0.0335. The van der Waals surface area contributed by atoms with Crippen molar-refractivity contribution in [3.63, 3.8) is 0 Å². The Hall–Kier alpha value is -2.34. The number of carbonyl (C=O) groups excluding carboxylic acids is 2. The minimum absolute atomic E-state index is 0.288. The van der Waals surface area contributed by atoms with E-state index in [4.69, 9.17) is 9.47 Å². The second kappa shape index (κ2) is 8.33. The fourth-order valence-electron chi connectivity index (χ4n) is 1.88. The highest BCUT2D eigenvalue weighted by Gasteiger charge is 2.14. The molecule has 23 heavy (non-hydrogen) atoms. The molecule has 2 aromatic carbocycles. The molecule has 0 aliphatic rings. The number of nitrogens with one attached hydrogen (secondary N) is 1. The van der Waals surface area contributed by atoms with Gasteiger partial charge in [0.1, 0.15) is 11.3 Å². The van der Waals surface area contributed by atoms with Crippen LogP contribution in [0.5, 0.6) is 5.75 Å². The maximum absolute atomic E-state index is 12.0. The van der Waals surface area contributed by atoms with Gasteiger partial charge in [0.15, 0.2) is 6.61 Å². The molecule has 120 valence electrons. The molecular weight excluding hydrogens is 362 g/mol. The number of carbonyl (C=O) groups is 2. The molecule has 2 rings (SSSR count). The molecule has 0 spiro atoms. The molecule has 0 fully saturated rings. The summed E-state index contributed by atoms with van der Waals surface area (Å²) < 4.78 is 11.1. The van der Waals surface area contributed by atoms with Gasteiger partial charge in [-0.2, -0.15) is 0 Å². The zero-order valence-electron chi connectivity index (χ0n) is 12.5. The number of methoxy groups -OCH3 is 1. The first-order valence-corrected chi connectivity index (χ1v) is 7.70. The lowest BCUT2D eigenvalue weighted by atomic mass is 10.2. The van der Waals surface area contributed by atoms with E-state index in [-0.39, 0.29) is 18.1 Å². The van der Waals surface area contributed by atoms with Crippen LogP contribution in [0.15, 0.2) is 53.0 Å². The topological polar surface area (TPSA) is 64.6 Å². The Labute approximate surface area is 142 Å². The van der Waals surface area contributed by atoms with Crippen LogP contribution in [0, 0.1) is 0 Å². The molecule has 0 aliphatic heterocycles. The molecule has 0 bridgehead atoms. The van der Waals surface area contributed by atoms with Crippen LogP contribution < -0.4 is 10.1 Å². The Bertz CT molecular complexity index is 685. The average molecular weight is 378 g/mol. The fourth-order valence-corrected chi connectivity index (χ4v) is 2.14. The summed E-state index contributed by atoms with van der Waals surface area (Å²) in [5, 5.41) is 2.69. The van der Waals surface area contributed by atoms with Crippen LogP contribution in [-0.2, 0) is 16.1 Å². The normalized spacial score (nSPS) is 10.0. The first kappa shape index (κ1) is 17.0. The summed E-state index contributed by atoms with van der Waals surface area (Å²) in [7, 11) is 1.47. The molecule has 0 saturated heterocycles. The highest BCUT2D eigenvalue weighted by molar-refractivity contribution is 9.10. The largest absolute Gasteiger partial charge is 0.496 e. The van der Waals surface area contributed by atoms with Crippen molar-refractivity contribution in [2.45, 2.75) is 6.54 Å². The van der Waals surface area contributed by atoms with Crippen LogP contribution in [0.3, 0.4) is 0 Å². The summed E-state index contributed by atoms with van der Waals surface area (Å²) in [4.78, 5) is 23.7. The predicted molar refractivity (Wildman–Crippen MR) is 89.3 cm³/mol. The van der Waals surface area contributed by atoms with E-state index in [9.17, 15) is 9.59 Å². The summed E-state index contributed by atoms with van der Waals surface area (Å²) in [6, 6.07) is 14.3. The van der Waals surface area contributed by atoms with Crippen molar-refractivity contribution in [3.8, 4) is 5.75 Å². The van der Waals surface area contributed by atoms with Gasteiger partial charge >= 0.3 is 5.97 Å². The van der Waals surface area contributed by atoms with Gasteiger partial charge in [-0.25, -0.2) is 4.79 Å². The van der Waals surface area contributed by atoms with Gasteiger partial charge in [-0.1, -0.05) is 40.2 Å². The number of rotatable bonds is 6. The van der Waals surface area contributed by atoms with Crippen LogP contribution >= 0.6 is 15.9 Å². The van der Waals surface area contributed by atoms with Crippen LogP contribution in [-0.4, -0.2) is 25.6 Å². The van der Waals surface area contributed by atoms with Crippen molar-refractivity contribution in [1.29, 1.82) is 0 Å². The quantitative estimate of drug-likeness (QED) is 0.786. The number of halogens is 1. The monoisotopic (exact) mass is 377 g/mol. The fraction of sp³-hybridized carbons (Fsp3) is 0.176. The molecule has 0 atom stereocenters. The molecule has 0 heterocycles.